The lowest BCUT2D eigenvalue weighted by Gasteiger charge is -2.27. The van der Waals surface area contributed by atoms with E-state index in [1.807, 2.05) is 39.4 Å². The standard InChI is InChI=1S/C16H22N4O2/c1-11-7-12(2)19-14(11)15(21)17-10-16(5-4-6-22-16)13-8-18-20(3)9-13/h7-9,19H,4-6,10H2,1-3H3,(H,17,21). The van der Waals surface area contributed by atoms with Crippen LogP contribution < -0.4 is 5.32 Å². The molecular weight excluding hydrogens is 280 g/mol. The van der Waals surface area contributed by atoms with E-state index >= 15 is 0 Å². The molecule has 2 aromatic rings. The van der Waals surface area contributed by atoms with Gasteiger partial charge in [0.15, 0.2) is 0 Å². The van der Waals surface area contributed by atoms with Crippen molar-refractivity contribution in [3.8, 4) is 0 Å². The number of aryl methyl sites for hydroxylation is 3. The fourth-order valence-electron chi connectivity index (χ4n) is 3.10. The summed E-state index contributed by atoms with van der Waals surface area (Å²) in [6.07, 6.45) is 5.66. The summed E-state index contributed by atoms with van der Waals surface area (Å²) >= 11 is 0. The van der Waals surface area contributed by atoms with Gasteiger partial charge >= 0.3 is 0 Å². The monoisotopic (exact) mass is 302 g/mol. The zero-order valence-electron chi connectivity index (χ0n) is 13.3. The first-order valence-corrected chi connectivity index (χ1v) is 7.58. The van der Waals surface area contributed by atoms with Crippen molar-refractivity contribution in [2.75, 3.05) is 13.2 Å². The lowest BCUT2D eigenvalue weighted by atomic mass is 9.93. The van der Waals surface area contributed by atoms with Gasteiger partial charge in [-0.15, -0.1) is 0 Å². The van der Waals surface area contributed by atoms with Crippen molar-refractivity contribution in [1.82, 2.24) is 20.1 Å². The van der Waals surface area contributed by atoms with Gasteiger partial charge in [-0.25, -0.2) is 0 Å². The summed E-state index contributed by atoms with van der Waals surface area (Å²) in [7, 11) is 1.88. The number of nitrogens with zero attached hydrogens (tertiary/aromatic N) is 2. The molecule has 0 saturated carbocycles. The molecule has 1 aliphatic rings. The minimum atomic E-state index is -0.459. The molecule has 118 valence electrons. The highest BCUT2D eigenvalue weighted by Gasteiger charge is 2.38. The predicted molar refractivity (Wildman–Crippen MR) is 82.7 cm³/mol. The van der Waals surface area contributed by atoms with Gasteiger partial charge < -0.3 is 15.0 Å². The van der Waals surface area contributed by atoms with Crippen molar-refractivity contribution >= 4 is 5.91 Å². The van der Waals surface area contributed by atoms with Crippen LogP contribution >= 0.6 is 0 Å². The van der Waals surface area contributed by atoms with E-state index in [2.05, 4.69) is 15.4 Å². The molecule has 1 fully saturated rings. The molecule has 3 rings (SSSR count). The maximum absolute atomic E-state index is 12.4. The van der Waals surface area contributed by atoms with Crippen molar-refractivity contribution < 1.29 is 9.53 Å². The summed E-state index contributed by atoms with van der Waals surface area (Å²) in [6.45, 7) is 5.04. The Bertz CT molecular complexity index is 680. The fourth-order valence-corrected chi connectivity index (χ4v) is 3.10. The van der Waals surface area contributed by atoms with Crippen LogP contribution in [-0.4, -0.2) is 33.8 Å². The molecule has 0 spiro atoms. The quantitative estimate of drug-likeness (QED) is 0.904. The summed E-state index contributed by atoms with van der Waals surface area (Å²) in [4.78, 5) is 15.5. The molecule has 1 amide bonds. The van der Waals surface area contributed by atoms with Gasteiger partial charge in [0.2, 0.25) is 0 Å². The highest BCUT2D eigenvalue weighted by molar-refractivity contribution is 5.94. The zero-order valence-corrected chi connectivity index (χ0v) is 13.3. The zero-order chi connectivity index (χ0) is 15.7. The third kappa shape index (κ3) is 2.66. The van der Waals surface area contributed by atoms with Crippen molar-refractivity contribution in [1.29, 1.82) is 0 Å². The van der Waals surface area contributed by atoms with Crippen LogP contribution in [0.25, 0.3) is 0 Å². The Labute approximate surface area is 129 Å². The summed E-state index contributed by atoms with van der Waals surface area (Å²) < 4.78 is 7.75. The molecule has 2 aromatic heterocycles. The lowest BCUT2D eigenvalue weighted by Crippen LogP contribution is -2.40. The van der Waals surface area contributed by atoms with E-state index in [-0.39, 0.29) is 5.91 Å². The number of amides is 1. The topological polar surface area (TPSA) is 71.9 Å². The Balaban J connectivity index is 1.75. The van der Waals surface area contributed by atoms with Crippen molar-refractivity contribution in [3.63, 3.8) is 0 Å². The van der Waals surface area contributed by atoms with Gasteiger partial charge in [0.1, 0.15) is 11.3 Å². The normalized spacial score (nSPS) is 21.2. The van der Waals surface area contributed by atoms with Crippen LogP contribution in [0.15, 0.2) is 18.5 Å². The molecule has 1 saturated heterocycles. The molecule has 6 nitrogen and oxygen atoms in total. The number of carbonyl (C=O) groups is 1. The first-order chi connectivity index (χ1) is 10.5. The maximum atomic E-state index is 12.4. The Morgan fingerprint density at radius 2 is 2.36 bits per heavy atom. The molecule has 0 aliphatic carbocycles. The molecule has 3 heterocycles. The fraction of sp³-hybridized carbons (Fsp3) is 0.500. The molecule has 6 heteroatoms. The Morgan fingerprint density at radius 1 is 1.55 bits per heavy atom. The summed E-state index contributed by atoms with van der Waals surface area (Å²) in [5.41, 5.74) is 3.13. The van der Waals surface area contributed by atoms with Crippen molar-refractivity contribution in [2.45, 2.75) is 32.3 Å². The maximum Gasteiger partial charge on any atom is 0.268 e. The van der Waals surface area contributed by atoms with Gasteiger partial charge in [-0.2, -0.15) is 5.10 Å². The van der Waals surface area contributed by atoms with Gasteiger partial charge in [-0.3, -0.25) is 9.48 Å². The first-order valence-electron chi connectivity index (χ1n) is 7.58. The lowest BCUT2D eigenvalue weighted by molar-refractivity contribution is 0.00126. The predicted octanol–water partition coefficient (Wildman–Crippen LogP) is 1.80. The highest BCUT2D eigenvalue weighted by atomic mass is 16.5. The second-order valence-corrected chi connectivity index (χ2v) is 6.04. The number of aromatic nitrogens is 3. The van der Waals surface area contributed by atoms with Gasteiger partial charge in [-0.05, 0) is 38.3 Å². The van der Waals surface area contributed by atoms with E-state index in [4.69, 9.17) is 4.74 Å². The van der Waals surface area contributed by atoms with Crippen molar-refractivity contribution in [2.24, 2.45) is 7.05 Å². The van der Waals surface area contributed by atoms with Crippen LogP contribution in [0.1, 0.15) is 40.2 Å². The van der Waals surface area contributed by atoms with Crippen LogP contribution in [0.3, 0.4) is 0 Å². The minimum absolute atomic E-state index is 0.0932. The van der Waals surface area contributed by atoms with Gasteiger partial charge in [0.05, 0.1) is 12.7 Å². The average molecular weight is 302 g/mol. The number of H-pyrrole nitrogens is 1. The smallest absolute Gasteiger partial charge is 0.268 e. The van der Waals surface area contributed by atoms with E-state index in [1.54, 1.807) is 4.68 Å². The van der Waals surface area contributed by atoms with E-state index in [1.165, 1.54) is 0 Å². The largest absolute Gasteiger partial charge is 0.368 e. The number of ether oxygens (including phenoxy) is 1. The van der Waals surface area contributed by atoms with E-state index in [0.717, 1.165) is 29.7 Å². The van der Waals surface area contributed by atoms with E-state index < -0.39 is 5.60 Å². The minimum Gasteiger partial charge on any atom is -0.368 e. The molecule has 0 bridgehead atoms. The second kappa shape index (κ2) is 5.61. The molecule has 0 aromatic carbocycles. The van der Waals surface area contributed by atoms with Crippen LogP contribution in [0.4, 0.5) is 0 Å². The number of nitrogens with one attached hydrogen (secondary N) is 2. The number of hydrogen-bond donors (Lipinski definition) is 2. The summed E-state index contributed by atoms with van der Waals surface area (Å²) in [5.74, 6) is -0.0932. The number of rotatable bonds is 4. The first kappa shape index (κ1) is 14.8. The second-order valence-electron chi connectivity index (χ2n) is 6.04. The summed E-state index contributed by atoms with van der Waals surface area (Å²) in [6, 6.07) is 1.97. The molecular formula is C16H22N4O2. The molecule has 1 atom stereocenters. The van der Waals surface area contributed by atoms with Gasteiger partial charge in [-0.1, -0.05) is 0 Å². The summed E-state index contributed by atoms with van der Waals surface area (Å²) in [5, 5.41) is 7.24. The number of aromatic amines is 1. The Hall–Kier alpha value is -2.08. The van der Waals surface area contributed by atoms with E-state index in [0.29, 0.717) is 18.8 Å². The Kier molecular flexibility index (Phi) is 3.78. The van der Waals surface area contributed by atoms with Crippen LogP contribution in [0, 0.1) is 13.8 Å². The van der Waals surface area contributed by atoms with Gasteiger partial charge in [0, 0.05) is 31.1 Å². The molecule has 1 unspecified atom stereocenters. The van der Waals surface area contributed by atoms with Crippen LogP contribution in [0.5, 0.6) is 0 Å². The molecule has 2 N–H and O–H groups in total. The Morgan fingerprint density at radius 3 is 2.91 bits per heavy atom. The van der Waals surface area contributed by atoms with Crippen molar-refractivity contribution in [3.05, 3.63) is 41.0 Å². The number of carbonyl (C=O) groups excluding carboxylic acids is 1. The third-order valence-corrected chi connectivity index (χ3v) is 4.25. The molecule has 1 aliphatic heterocycles. The van der Waals surface area contributed by atoms with Gasteiger partial charge in [0.25, 0.3) is 5.91 Å². The molecule has 22 heavy (non-hydrogen) atoms. The third-order valence-electron chi connectivity index (χ3n) is 4.25. The van der Waals surface area contributed by atoms with Crippen LogP contribution in [0.2, 0.25) is 0 Å². The SMILES string of the molecule is Cc1cc(C)c(C(=O)NCC2(c3cnn(C)c3)CCCO2)[nH]1. The van der Waals surface area contributed by atoms with Crippen LogP contribution in [-0.2, 0) is 17.4 Å². The van der Waals surface area contributed by atoms with E-state index in [9.17, 15) is 4.79 Å². The highest BCUT2D eigenvalue weighted by Crippen LogP contribution is 2.35. The number of hydrogen-bond acceptors (Lipinski definition) is 3. The molecule has 0 radical (unpaired) electrons. The average Bonchev–Trinajstić information content (AvgIpc) is 3.17.